The first-order valence-electron chi connectivity index (χ1n) is 6.79. The van der Waals surface area contributed by atoms with Crippen LogP contribution in [-0.2, 0) is 13.2 Å². The van der Waals surface area contributed by atoms with E-state index >= 15 is 0 Å². The molecule has 0 radical (unpaired) electrons. The fourth-order valence-corrected chi connectivity index (χ4v) is 2.39. The summed E-state index contributed by atoms with van der Waals surface area (Å²) in [5, 5.41) is 9.23. The number of nitrogens with zero attached hydrogens (tertiary/aromatic N) is 1. The van der Waals surface area contributed by atoms with Crippen LogP contribution in [0.25, 0.3) is 0 Å². The quantitative estimate of drug-likeness (QED) is 0.806. The second-order valence-electron chi connectivity index (χ2n) is 5.01. The minimum Gasteiger partial charge on any atom is -0.496 e. The molecule has 100 valence electrons. The summed E-state index contributed by atoms with van der Waals surface area (Å²) in [4.78, 5) is 2.53. The monoisotopic (exact) mass is 249 g/mol. The third-order valence-electron chi connectivity index (χ3n) is 3.47. The van der Waals surface area contributed by atoms with Gasteiger partial charge in [-0.2, -0.15) is 0 Å². The predicted molar refractivity (Wildman–Crippen MR) is 72.6 cm³/mol. The average Bonchev–Trinajstić information content (AvgIpc) is 3.22. The minimum atomic E-state index is 0.0915. The maximum Gasteiger partial charge on any atom is 0.123 e. The van der Waals surface area contributed by atoms with E-state index in [0.29, 0.717) is 0 Å². The third kappa shape index (κ3) is 3.24. The van der Waals surface area contributed by atoms with E-state index in [4.69, 9.17) is 4.74 Å². The SMILES string of the molecule is CCCN(Cc1cc(CO)ccc1OC)C1CC1. The standard InChI is InChI=1S/C15H23NO2/c1-3-8-16(14-5-6-14)10-13-9-12(11-17)4-7-15(13)18-2/h4,7,9,14,17H,3,5-6,8,10-11H2,1-2H3. The van der Waals surface area contributed by atoms with E-state index in [9.17, 15) is 5.11 Å². The number of ether oxygens (including phenoxy) is 1. The molecule has 0 spiro atoms. The summed E-state index contributed by atoms with van der Waals surface area (Å²) in [7, 11) is 1.71. The molecular formula is C15H23NO2. The van der Waals surface area contributed by atoms with Crippen LogP contribution in [0.2, 0.25) is 0 Å². The van der Waals surface area contributed by atoms with Crippen LogP contribution < -0.4 is 4.74 Å². The number of hydrogen-bond donors (Lipinski definition) is 1. The molecule has 3 heteroatoms. The number of rotatable bonds is 7. The van der Waals surface area contributed by atoms with Gasteiger partial charge in [0, 0.05) is 18.2 Å². The molecule has 0 amide bonds. The van der Waals surface area contributed by atoms with Gasteiger partial charge in [-0.05, 0) is 43.5 Å². The topological polar surface area (TPSA) is 32.7 Å². The van der Waals surface area contributed by atoms with Crippen molar-refractivity contribution in [3.63, 3.8) is 0 Å². The van der Waals surface area contributed by atoms with E-state index in [1.165, 1.54) is 24.8 Å². The van der Waals surface area contributed by atoms with Crippen LogP contribution in [-0.4, -0.2) is 29.7 Å². The normalized spacial score (nSPS) is 15.1. The molecule has 1 aliphatic rings. The molecule has 1 N–H and O–H groups in total. The van der Waals surface area contributed by atoms with Crippen molar-refractivity contribution >= 4 is 0 Å². The molecule has 0 heterocycles. The second kappa shape index (κ2) is 6.21. The molecule has 0 aliphatic heterocycles. The average molecular weight is 249 g/mol. The summed E-state index contributed by atoms with van der Waals surface area (Å²) in [5.74, 6) is 0.925. The van der Waals surface area contributed by atoms with Crippen LogP contribution >= 0.6 is 0 Å². The molecule has 1 fully saturated rings. The molecule has 18 heavy (non-hydrogen) atoms. The molecule has 0 saturated heterocycles. The largest absolute Gasteiger partial charge is 0.496 e. The zero-order valence-corrected chi connectivity index (χ0v) is 11.4. The Kier molecular flexibility index (Phi) is 4.61. The smallest absolute Gasteiger partial charge is 0.123 e. The first-order chi connectivity index (χ1) is 8.78. The summed E-state index contributed by atoms with van der Waals surface area (Å²) >= 11 is 0. The lowest BCUT2D eigenvalue weighted by atomic mass is 10.1. The van der Waals surface area contributed by atoms with E-state index in [0.717, 1.165) is 30.4 Å². The van der Waals surface area contributed by atoms with E-state index in [1.54, 1.807) is 7.11 Å². The number of benzene rings is 1. The summed E-state index contributed by atoms with van der Waals surface area (Å²) in [6.45, 7) is 4.37. The Balaban J connectivity index is 2.14. The van der Waals surface area contributed by atoms with Gasteiger partial charge in [-0.15, -0.1) is 0 Å². The lowest BCUT2D eigenvalue weighted by Crippen LogP contribution is -2.26. The van der Waals surface area contributed by atoms with Crippen molar-refractivity contribution in [1.82, 2.24) is 4.90 Å². The zero-order valence-electron chi connectivity index (χ0n) is 11.4. The van der Waals surface area contributed by atoms with Gasteiger partial charge in [0.15, 0.2) is 0 Å². The molecule has 1 aromatic rings. The molecule has 2 rings (SSSR count). The van der Waals surface area contributed by atoms with Crippen LogP contribution in [0, 0.1) is 0 Å². The molecule has 1 aromatic carbocycles. The highest BCUT2D eigenvalue weighted by atomic mass is 16.5. The van der Waals surface area contributed by atoms with Crippen LogP contribution in [0.15, 0.2) is 18.2 Å². The summed E-state index contributed by atoms with van der Waals surface area (Å²) in [5.41, 5.74) is 2.14. The van der Waals surface area contributed by atoms with E-state index < -0.39 is 0 Å². The first-order valence-corrected chi connectivity index (χ1v) is 6.79. The van der Waals surface area contributed by atoms with E-state index in [1.807, 2.05) is 12.1 Å². The van der Waals surface area contributed by atoms with E-state index in [-0.39, 0.29) is 6.61 Å². The Bertz CT molecular complexity index is 388. The number of aliphatic hydroxyl groups excluding tert-OH is 1. The first kappa shape index (κ1) is 13.4. The number of aliphatic hydroxyl groups is 1. The maximum absolute atomic E-state index is 9.23. The molecule has 0 aromatic heterocycles. The van der Waals surface area contributed by atoms with Gasteiger partial charge in [-0.25, -0.2) is 0 Å². The summed E-state index contributed by atoms with van der Waals surface area (Å²) in [6, 6.07) is 6.69. The van der Waals surface area contributed by atoms with Crippen LogP contribution in [0.1, 0.15) is 37.3 Å². The zero-order chi connectivity index (χ0) is 13.0. The van der Waals surface area contributed by atoms with Gasteiger partial charge in [0.1, 0.15) is 5.75 Å². The van der Waals surface area contributed by atoms with Gasteiger partial charge < -0.3 is 9.84 Å². The molecule has 0 atom stereocenters. The van der Waals surface area contributed by atoms with Gasteiger partial charge in [0.25, 0.3) is 0 Å². The Morgan fingerprint density at radius 1 is 1.39 bits per heavy atom. The van der Waals surface area contributed by atoms with Gasteiger partial charge in [-0.3, -0.25) is 4.90 Å². The van der Waals surface area contributed by atoms with Crippen molar-refractivity contribution in [1.29, 1.82) is 0 Å². The van der Waals surface area contributed by atoms with Crippen molar-refractivity contribution in [2.45, 2.75) is 45.4 Å². The Morgan fingerprint density at radius 3 is 2.72 bits per heavy atom. The van der Waals surface area contributed by atoms with Crippen molar-refractivity contribution in [2.75, 3.05) is 13.7 Å². The summed E-state index contributed by atoms with van der Waals surface area (Å²) < 4.78 is 5.42. The van der Waals surface area contributed by atoms with Gasteiger partial charge in [-0.1, -0.05) is 13.0 Å². The van der Waals surface area contributed by atoms with Gasteiger partial charge >= 0.3 is 0 Å². The number of methoxy groups -OCH3 is 1. The van der Waals surface area contributed by atoms with Crippen LogP contribution in [0.4, 0.5) is 0 Å². The third-order valence-corrected chi connectivity index (χ3v) is 3.47. The molecule has 1 saturated carbocycles. The molecule has 0 bridgehead atoms. The van der Waals surface area contributed by atoms with Crippen molar-refractivity contribution in [2.24, 2.45) is 0 Å². The maximum atomic E-state index is 9.23. The highest BCUT2D eigenvalue weighted by Gasteiger charge is 2.28. The molecule has 0 unspecified atom stereocenters. The van der Waals surface area contributed by atoms with Crippen LogP contribution in [0.3, 0.4) is 0 Å². The molecule has 1 aliphatic carbocycles. The predicted octanol–water partition coefficient (Wildman–Crippen LogP) is 2.56. The highest BCUT2D eigenvalue weighted by molar-refractivity contribution is 5.37. The van der Waals surface area contributed by atoms with Crippen molar-refractivity contribution in [3.8, 4) is 5.75 Å². The Labute approximate surface area is 109 Å². The van der Waals surface area contributed by atoms with Gasteiger partial charge in [0.2, 0.25) is 0 Å². The lowest BCUT2D eigenvalue weighted by Gasteiger charge is -2.22. The fourth-order valence-electron chi connectivity index (χ4n) is 2.39. The van der Waals surface area contributed by atoms with Crippen molar-refractivity contribution in [3.05, 3.63) is 29.3 Å². The lowest BCUT2D eigenvalue weighted by molar-refractivity contribution is 0.250. The van der Waals surface area contributed by atoms with Gasteiger partial charge in [0.05, 0.1) is 13.7 Å². The Hall–Kier alpha value is -1.06. The van der Waals surface area contributed by atoms with E-state index in [2.05, 4.69) is 17.9 Å². The minimum absolute atomic E-state index is 0.0915. The number of hydrogen-bond acceptors (Lipinski definition) is 3. The molecular weight excluding hydrogens is 226 g/mol. The fraction of sp³-hybridized carbons (Fsp3) is 0.600. The van der Waals surface area contributed by atoms with Crippen LogP contribution in [0.5, 0.6) is 5.75 Å². The second-order valence-corrected chi connectivity index (χ2v) is 5.01. The molecule has 3 nitrogen and oxygen atoms in total. The Morgan fingerprint density at radius 2 is 2.17 bits per heavy atom. The van der Waals surface area contributed by atoms with Crippen molar-refractivity contribution < 1.29 is 9.84 Å². The summed E-state index contributed by atoms with van der Waals surface area (Å²) in [6.07, 6.45) is 3.82. The highest BCUT2D eigenvalue weighted by Crippen LogP contribution is 2.30.